The van der Waals surface area contributed by atoms with Gasteiger partial charge in [-0.2, -0.15) is 0 Å². The Morgan fingerprint density at radius 3 is 2.38 bits per heavy atom. The molecule has 1 aliphatic rings. The summed E-state index contributed by atoms with van der Waals surface area (Å²) < 4.78 is 0. The summed E-state index contributed by atoms with van der Waals surface area (Å²) in [5.41, 5.74) is 1.95. The van der Waals surface area contributed by atoms with Crippen molar-refractivity contribution in [2.24, 2.45) is 0 Å². The van der Waals surface area contributed by atoms with Gasteiger partial charge in [-0.3, -0.25) is 9.59 Å². The second kappa shape index (κ2) is 6.74. The fourth-order valence-electron chi connectivity index (χ4n) is 2.79. The smallest absolute Gasteiger partial charge is 0.242 e. The Labute approximate surface area is 126 Å². The van der Waals surface area contributed by atoms with Crippen molar-refractivity contribution < 1.29 is 9.59 Å². The number of amides is 2. The van der Waals surface area contributed by atoms with Crippen molar-refractivity contribution in [3.05, 3.63) is 29.8 Å². The van der Waals surface area contributed by atoms with Gasteiger partial charge in [0.05, 0.1) is 0 Å². The maximum Gasteiger partial charge on any atom is 0.242 e. The Bertz CT molecular complexity index is 519. The highest BCUT2D eigenvalue weighted by Crippen LogP contribution is 2.27. The van der Waals surface area contributed by atoms with Crippen LogP contribution in [-0.4, -0.2) is 36.3 Å². The van der Waals surface area contributed by atoms with Gasteiger partial charge < -0.3 is 9.80 Å². The van der Waals surface area contributed by atoms with E-state index in [1.807, 2.05) is 29.2 Å². The van der Waals surface area contributed by atoms with Crippen molar-refractivity contribution in [1.29, 1.82) is 0 Å². The number of hydrogen-bond acceptors (Lipinski definition) is 2. The SMILES string of the molecule is CC(=O)N(CC(=O)N1CCCC1)c1ccccc1C(C)C. The molecule has 2 rings (SSSR count). The van der Waals surface area contributed by atoms with Crippen LogP contribution in [0.2, 0.25) is 0 Å². The van der Waals surface area contributed by atoms with Crippen molar-refractivity contribution in [3.63, 3.8) is 0 Å². The Morgan fingerprint density at radius 2 is 1.81 bits per heavy atom. The topological polar surface area (TPSA) is 40.6 Å². The fraction of sp³-hybridized carbons (Fsp3) is 0.529. The summed E-state index contributed by atoms with van der Waals surface area (Å²) in [5, 5.41) is 0. The molecule has 1 aromatic rings. The summed E-state index contributed by atoms with van der Waals surface area (Å²) in [6.45, 7) is 7.49. The standard InChI is InChI=1S/C17H24N2O2/c1-13(2)15-8-4-5-9-16(15)19(14(3)20)12-17(21)18-10-6-7-11-18/h4-5,8-9,13H,6-7,10-12H2,1-3H3. The zero-order valence-corrected chi connectivity index (χ0v) is 13.1. The highest BCUT2D eigenvalue weighted by Gasteiger charge is 2.24. The molecular weight excluding hydrogens is 264 g/mol. The van der Waals surface area contributed by atoms with Crippen LogP contribution in [0.3, 0.4) is 0 Å². The summed E-state index contributed by atoms with van der Waals surface area (Å²) in [6.07, 6.45) is 2.13. The van der Waals surface area contributed by atoms with E-state index in [0.717, 1.165) is 37.2 Å². The maximum absolute atomic E-state index is 12.3. The van der Waals surface area contributed by atoms with E-state index in [2.05, 4.69) is 13.8 Å². The lowest BCUT2D eigenvalue weighted by atomic mass is 10.0. The van der Waals surface area contributed by atoms with E-state index in [-0.39, 0.29) is 18.4 Å². The number of nitrogens with zero attached hydrogens (tertiary/aromatic N) is 2. The predicted octanol–water partition coefficient (Wildman–Crippen LogP) is 2.79. The van der Waals surface area contributed by atoms with Gasteiger partial charge in [-0.15, -0.1) is 0 Å². The lowest BCUT2D eigenvalue weighted by molar-refractivity contribution is -0.130. The highest BCUT2D eigenvalue weighted by atomic mass is 16.2. The lowest BCUT2D eigenvalue weighted by Gasteiger charge is -2.27. The van der Waals surface area contributed by atoms with E-state index in [1.165, 1.54) is 6.92 Å². The van der Waals surface area contributed by atoms with Crippen LogP contribution in [0.15, 0.2) is 24.3 Å². The van der Waals surface area contributed by atoms with Gasteiger partial charge >= 0.3 is 0 Å². The normalized spacial score (nSPS) is 14.6. The summed E-state index contributed by atoms with van der Waals surface area (Å²) in [5.74, 6) is 0.266. The molecule has 114 valence electrons. The molecule has 0 aromatic heterocycles. The maximum atomic E-state index is 12.3. The van der Waals surface area contributed by atoms with Gasteiger partial charge in [0.2, 0.25) is 11.8 Å². The minimum absolute atomic E-state index is 0.0428. The summed E-state index contributed by atoms with van der Waals surface area (Å²) in [4.78, 5) is 27.8. The molecule has 0 bridgehead atoms. The third-order valence-corrected chi connectivity index (χ3v) is 3.98. The van der Waals surface area contributed by atoms with Crippen molar-refractivity contribution in [1.82, 2.24) is 4.90 Å². The minimum atomic E-state index is -0.0874. The molecular formula is C17H24N2O2. The van der Waals surface area contributed by atoms with E-state index in [9.17, 15) is 9.59 Å². The molecule has 0 atom stereocenters. The molecule has 0 aliphatic carbocycles. The Hall–Kier alpha value is -1.84. The van der Waals surface area contributed by atoms with Gasteiger partial charge in [0.1, 0.15) is 6.54 Å². The van der Waals surface area contributed by atoms with Crippen LogP contribution in [0.5, 0.6) is 0 Å². The quantitative estimate of drug-likeness (QED) is 0.855. The average molecular weight is 288 g/mol. The van der Waals surface area contributed by atoms with Crippen LogP contribution in [0.1, 0.15) is 45.1 Å². The molecule has 1 fully saturated rings. The van der Waals surface area contributed by atoms with Crippen molar-refractivity contribution in [3.8, 4) is 0 Å². The molecule has 0 unspecified atom stereocenters. The van der Waals surface area contributed by atoms with Crippen molar-refractivity contribution in [2.75, 3.05) is 24.5 Å². The number of likely N-dealkylation sites (tertiary alicyclic amines) is 1. The molecule has 1 saturated heterocycles. The van der Waals surface area contributed by atoms with Gasteiger partial charge in [0.15, 0.2) is 0 Å². The van der Waals surface area contributed by atoms with E-state index >= 15 is 0 Å². The Kier molecular flexibility index (Phi) is 4.99. The highest BCUT2D eigenvalue weighted by molar-refractivity contribution is 5.98. The molecule has 1 heterocycles. The number of carbonyl (C=O) groups excluding carboxylic acids is 2. The van der Waals surface area contributed by atoms with E-state index < -0.39 is 0 Å². The third-order valence-electron chi connectivity index (χ3n) is 3.98. The lowest BCUT2D eigenvalue weighted by Crippen LogP contribution is -2.41. The summed E-state index contributed by atoms with van der Waals surface area (Å²) in [6, 6.07) is 7.83. The van der Waals surface area contributed by atoms with Crippen molar-refractivity contribution in [2.45, 2.75) is 39.5 Å². The molecule has 21 heavy (non-hydrogen) atoms. The van der Waals surface area contributed by atoms with E-state index in [1.54, 1.807) is 4.90 Å². The molecule has 4 heteroatoms. The van der Waals surface area contributed by atoms with Crippen LogP contribution in [0.4, 0.5) is 5.69 Å². The molecule has 1 aromatic carbocycles. The van der Waals surface area contributed by atoms with Gasteiger partial charge in [-0.1, -0.05) is 32.0 Å². The van der Waals surface area contributed by atoms with Crippen LogP contribution in [0, 0.1) is 0 Å². The largest absolute Gasteiger partial charge is 0.341 e. The molecule has 0 N–H and O–H groups in total. The fourth-order valence-corrected chi connectivity index (χ4v) is 2.79. The number of anilines is 1. The second-order valence-electron chi connectivity index (χ2n) is 5.91. The number of para-hydroxylation sites is 1. The van der Waals surface area contributed by atoms with Gasteiger partial charge in [0.25, 0.3) is 0 Å². The molecule has 0 radical (unpaired) electrons. The Morgan fingerprint density at radius 1 is 1.19 bits per heavy atom. The molecule has 2 amide bonds. The number of rotatable bonds is 4. The first-order chi connectivity index (χ1) is 10.0. The van der Waals surface area contributed by atoms with Gasteiger partial charge in [-0.25, -0.2) is 0 Å². The predicted molar refractivity (Wildman–Crippen MR) is 84.4 cm³/mol. The Balaban J connectivity index is 2.23. The number of carbonyl (C=O) groups is 2. The van der Waals surface area contributed by atoms with Crippen LogP contribution in [0.25, 0.3) is 0 Å². The number of hydrogen-bond donors (Lipinski definition) is 0. The average Bonchev–Trinajstić information content (AvgIpc) is 2.98. The van der Waals surface area contributed by atoms with E-state index in [0.29, 0.717) is 5.92 Å². The van der Waals surface area contributed by atoms with Crippen LogP contribution in [-0.2, 0) is 9.59 Å². The summed E-state index contributed by atoms with van der Waals surface area (Å²) >= 11 is 0. The monoisotopic (exact) mass is 288 g/mol. The van der Waals surface area contributed by atoms with E-state index in [4.69, 9.17) is 0 Å². The molecule has 0 spiro atoms. The first kappa shape index (κ1) is 15.5. The molecule has 0 saturated carbocycles. The third kappa shape index (κ3) is 3.63. The zero-order chi connectivity index (χ0) is 15.4. The van der Waals surface area contributed by atoms with Crippen LogP contribution < -0.4 is 4.90 Å². The summed E-state index contributed by atoms with van der Waals surface area (Å²) in [7, 11) is 0. The molecule has 4 nitrogen and oxygen atoms in total. The molecule has 1 aliphatic heterocycles. The number of benzene rings is 1. The van der Waals surface area contributed by atoms with Crippen molar-refractivity contribution >= 4 is 17.5 Å². The first-order valence-electron chi connectivity index (χ1n) is 7.65. The van der Waals surface area contributed by atoms with Gasteiger partial charge in [0, 0.05) is 25.7 Å². The first-order valence-corrected chi connectivity index (χ1v) is 7.65. The van der Waals surface area contributed by atoms with Crippen LogP contribution >= 0.6 is 0 Å². The minimum Gasteiger partial charge on any atom is -0.341 e. The zero-order valence-electron chi connectivity index (χ0n) is 13.1. The second-order valence-corrected chi connectivity index (χ2v) is 5.91. The van der Waals surface area contributed by atoms with Gasteiger partial charge in [-0.05, 0) is 30.4 Å².